The maximum Gasteiger partial charge on any atom is 0.165 e. The van der Waals surface area contributed by atoms with Crippen molar-refractivity contribution in [3.8, 4) is 0 Å². The van der Waals surface area contributed by atoms with Crippen LogP contribution in [0, 0.1) is 11.6 Å². The first-order valence-corrected chi connectivity index (χ1v) is 5.08. The van der Waals surface area contributed by atoms with Crippen molar-refractivity contribution in [2.45, 2.75) is 25.9 Å². The van der Waals surface area contributed by atoms with Gasteiger partial charge in [-0.05, 0) is 24.1 Å². The minimum absolute atomic E-state index is 0.0591. The molecule has 1 atom stereocenters. The second-order valence-corrected chi connectivity index (χ2v) is 3.52. The number of methoxy groups -OCH3 is 1. The van der Waals surface area contributed by atoms with E-state index in [0.717, 1.165) is 12.1 Å². The predicted molar refractivity (Wildman–Crippen MR) is 56.2 cm³/mol. The van der Waals surface area contributed by atoms with Gasteiger partial charge in [-0.15, -0.1) is 0 Å². The second kappa shape index (κ2) is 5.70. The number of carbonyl (C=O) groups excluding carboxylic acids is 1. The molecule has 0 aliphatic heterocycles. The molecule has 0 radical (unpaired) electrons. The van der Waals surface area contributed by atoms with Gasteiger partial charge < -0.3 is 4.74 Å². The molecule has 2 nitrogen and oxygen atoms in total. The van der Waals surface area contributed by atoms with Crippen LogP contribution in [0.3, 0.4) is 0 Å². The van der Waals surface area contributed by atoms with Crippen LogP contribution in [0.1, 0.15) is 18.9 Å². The Labute approximate surface area is 93.2 Å². The third-order valence-electron chi connectivity index (χ3n) is 2.38. The maximum absolute atomic E-state index is 12.9. The Morgan fingerprint density at radius 2 is 2.06 bits per heavy atom. The SMILES string of the molecule is CCC(OC)C(=O)Cc1ccc(F)c(F)c1. The molecule has 0 fully saturated rings. The highest BCUT2D eigenvalue weighted by Gasteiger charge is 2.16. The van der Waals surface area contributed by atoms with Crippen molar-refractivity contribution in [3.05, 3.63) is 35.4 Å². The van der Waals surface area contributed by atoms with Crippen LogP contribution in [0.5, 0.6) is 0 Å². The molecule has 1 aromatic rings. The van der Waals surface area contributed by atoms with E-state index in [9.17, 15) is 13.6 Å². The normalized spacial score (nSPS) is 12.5. The summed E-state index contributed by atoms with van der Waals surface area (Å²) >= 11 is 0. The van der Waals surface area contributed by atoms with Gasteiger partial charge in [-0.3, -0.25) is 4.79 Å². The van der Waals surface area contributed by atoms with Crippen molar-refractivity contribution < 1.29 is 18.3 Å². The van der Waals surface area contributed by atoms with Crippen molar-refractivity contribution in [3.63, 3.8) is 0 Å². The van der Waals surface area contributed by atoms with Crippen LogP contribution < -0.4 is 0 Å². The summed E-state index contributed by atoms with van der Waals surface area (Å²) in [6.45, 7) is 1.83. The molecule has 1 unspecified atom stereocenters. The van der Waals surface area contributed by atoms with Crippen LogP contribution >= 0.6 is 0 Å². The molecule has 0 saturated carbocycles. The lowest BCUT2D eigenvalue weighted by Gasteiger charge is -2.11. The summed E-state index contributed by atoms with van der Waals surface area (Å²) in [4.78, 5) is 11.6. The summed E-state index contributed by atoms with van der Waals surface area (Å²) in [7, 11) is 1.46. The minimum atomic E-state index is -0.934. The van der Waals surface area contributed by atoms with Crippen LogP contribution in [0.15, 0.2) is 18.2 Å². The monoisotopic (exact) mass is 228 g/mol. The zero-order valence-corrected chi connectivity index (χ0v) is 9.30. The van der Waals surface area contributed by atoms with Crippen molar-refractivity contribution in [2.75, 3.05) is 7.11 Å². The number of benzene rings is 1. The van der Waals surface area contributed by atoms with Gasteiger partial charge in [0.15, 0.2) is 17.4 Å². The Morgan fingerprint density at radius 3 is 2.56 bits per heavy atom. The largest absolute Gasteiger partial charge is 0.374 e. The summed E-state index contributed by atoms with van der Waals surface area (Å²) in [5.74, 6) is -1.97. The zero-order valence-electron chi connectivity index (χ0n) is 9.30. The lowest BCUT2D eigenvalue weighted by molar-refractivity contribution is -0.128. The van der Waals surface area contributed by atoms with Gasteiger partial charge in [-0.2, -0.15) is 0 Å². The van der Waals surface area contributed by atoms with Gasteiger partial charge in [-0.25, -0.2) is 8.78 Å². The van der Waals surface area contributed by atoms with Crippen molar-refractivity contribution in [2.24, 2.45) is 0 Å². The first kappa shape index (κ1) is 12.8. The molecule has 0 spiro atoms. The van der Waals surface area contributed by atoms with E-state index in [2.05, 4.69) is 0 Å². The summed E-state index contributed by atoms with van der Waals surface area (Å²) in [5, 5.41) is 0. The number of hydrogen-bond acceptors (Lipinski definition) is 2. The summed E-state index contributed by atoms with van der Waals surface area (Å²) in [6, 6.07) is 3.46. The van der Waals surface area contributed by atoms with Crippen LogP contribution in [0.2, 0.25) is 0 Å². The molecule has 0 bridgehead atoms. The predicted octanol–water partition coefficient (Wildman–Crippen LogP) is 2.50. The molecule has 0 saturated heterocycles. The highest BCUT2D eigenvalue weighted by atomic mass is 19.2. The summed E-state index contributed by atoms with van der Waals surface area (Å²) in [5.41, 5.74) is 0.458. The highest BCUT2D eigenvalue weighted by molar-refractivity contribution is 5.85. The van der Waals surface area contributed by atoms with Gasteiger partial charge in [0, 0.05) is 13.5 Å². The molecule has 0 amide bonds. The Kier molecular flexibility index (Phi) is 4.55. The van der Waals surface area contributed by atoms with E-state index in [-0.39, 0.29) is 12.2 Å². The topological polar surface area (TPSA) is 26.3 Å². The van der Waals surface area contributed by atoms with E-state index in [1.165, 1.54) is 13.2 Å². The number of Topliss-reactive ketones (excluding diaryl/α,β-unsaturated/α-hetero) is 1. The lowest BCUT2D eigenvalue weighted by atomic mass is 10.0. The third kappa shape index (κ3) is 3.10. The molecule has 88 valence electrons. The Morgan fingerprint density at radius 1 is 1.38 bits per heavy atom. The second-order valence-electron chi connectivity index (χ2n) is 3.52. The first-order valence-electron chi connectivity index (χ1n) is 5.08. The summed E-state index contributed by atoms with van der Waals surface area (Å²) in [6.07, 6.45) is 0.149. The van der Waals surface area contributed by atoms with Crippen LogP contribution in [-0.2, 0) is 16.0 Å². The fraction of sp³-hybridized carbons (Fsp3) is 0.417. The third-order valence-corrected chi connectivity index (χ3v) is 2.38. The van der Waals surface area contributed by atoms with E-state index >= 15 is 0 Å². The van der Waals surface area contributed by atoms with E-state index in [1.807, 2.05) is 6.92 Å². The molecule has 1 aromatic carbocycles. The lowest BCUT2D eigenvalue weighted by Crippen LogP contribution is -2.23. The zero-order chi connectivity index (χ0) is 12.1. The van der Waals surface area contributed by atoms with Gasteiger partial charge in [0.25, 0.3) is 0 Å². The smallest absolute Gasteiger partial charge is 0.165 e. The molecule has 0 aliphatic rings. The van der Waals surface area contributed by atoms with E-state index < -0.39 is 17.7 Å². The Bertz CT molecular complexity index is 373. The van der Waals surface area contributed by atoms with E-state index in [1.54, 1.807) is 0 Å². The van der Waals surface area contributed by atoms with Crippen LogP contribution in [0.4, 0.5) is 8.78 Å². The fourth-order valence-electron chi connectivity index (χ4n) is 1.49. The molecular weight excluding hydrogens is 214 g/mol. The summed E-state index contributed by atoms with van der Waals surface area (Å²) < 4.78 is 30.5. The van der Waals surface area contributed by atoms with Gasteiger partial charge in [0.1, 0.15) is 6.10 Å². The number of rotatable bonds is 5. The van der Waals surface area contributed by atoms with E-state index in [4.69, 9.17) is 4.74 Å². The number of ether oxygens (including phenoxy) is 1. The molecule has 0 aliphatic carbocycles. The van der Waals surface area contributed by atoms with Gasteiger partial charge in [0.2, 0.25) is 0 Å². The first-order chi connectivity index (χ1) is 7.58. The van der Waals surface area contributed by atoms with Crippen molar-refractivity contribution in [1.29, 1.82) is 0 Å². The van der Waals surface area contributed by atoms with Gasteiger partial charge >= 0.3 is 0 Å². The highest BCUT2D eigenvalue weighted by Crippen LogP contribution is 2.11. The molecule has 16 heavy (non-hydrogen) atoms. The minimum Gasteiger partial charge on any atom is -0.374 e. The standard InChI is InChI=1S/C12H14F2O2/c1-3-12(16-2)11(15)7-8-4-5-9(13)10(14)6-8/h4-6,12H,3,7H2,1-2H3. The molecule has 0 N–H and O–H groups in total. The molecule has 0 heterocycles. The Hall–Kier alpha value is -1.29. The van der Waals surface area contributed by atoms with Crippen molar-refractivity contribution in [1.82, 2.24) is 0 Å². The number of ketones is 1. The fourth-order valence-corrected chi connectivity index (χ4v) is 1.49. The quantitative estimate of drug-likeness (QED) is 0.774. The average molecular weight is 228 g/mol. The molecule has 0 aromatic heterocycles. The van der Waals surface area contributed by atoms with Crippen LogP contribution in [0.25, 0.3) is 0 Å². The maximum atomic E-state index is 12.9. The van der Waals surface area contributed by atoms with Crippen molar-refractivity contribution >= 4 is 5.78 Å². The van der Waals surface area contributed by atoms with Gasteiger partial charge in [0.05, 0.1) is 0 Å². The number of hydrogen-bond donors (Lipinski definition) is 0. The van der Waals surface area contributed by atoms with Gasteiger partial charge in [-0.1, -0.05) is 13.0 Å². The number of halogens is 2. The number of carbonyl (C=O) groups is 1. The van der Waals surface area contributed by atoms with E-state index in [0.29, 0.717) is 12.0 Å². The average Bonchev–Trinajstić information content (AvgIpc) is 2.25. The molecular formula is C12H14F2O2. The Balaban J connectivity index is 2.73. The molecule has 4 heteroatoms. The molecule has 1 rings (SSSR count). The van der Waals surface area contributed by atoms with Crippen LogP contribution in [-0.4, -0.2) is 19.0 Å².